The van der Waals surface area contributed by atoms with Crippen molar-refractivity contribution in [2.75, 3.05) is 13.1 Å². The van der Waals surface area contributed by atoms with E-state index in [1.54, 1.807) is 19.2 Å². The second-order valence-corrected chi connectivity index (χ2v) is 7.44. The molecule has 2 heterocycles. The molecule has 5 nitrogen and oxygen atoms in total. The average Bonchev–Trinajstić information content (AvgIpc) is 3.40. The molecule has 2 aromatic rings. The van der Waals surface area contributed by atoms with Crippen molar-refractivity contribution in [2.45, 2.75) is 38.6 Å². The van der Waals surface area contributed by atoms with Crippen LogP contribution in [0.25, 0.3) is 10.8 Å². The van der Waals surface area contributed by atoms with E-state index in [0.29, 0.717) is 11.1 Å². The molecule has 2 aliphatic rings. The minimum Gasteiger partial charge on any atom is -0.341 e. The number of hydrogen-bond donors (Lipinski definition) is 1. The van der Waals surface area contributed by atoms with Crippen molar-refractivity contribution in [3.05, 3.63) is 42.2 Å². The number of nitrogens with zero attached hydrogens (tertiary/aromatic N) is 2. The van der Waals surface area contributed by atoms with Gasteiger partial charge >= 0.3 is 0 Å². The first-order valence-electron chi connectivity index (χ1n) is 9.01. The summed E-state index contributed by atoms with van der Waals surface area (Å²) in [6.45, 7) is 3.38. The first-order valence-corrected chi connectivity index (χ1v) is 9.01. The summed E-state index contributed by atoms with van der Waals surface area (Å²) in [5.41, 5.74) is 0.882. The van der Waals surface area contributed by atoms with E-state index in [1.807, 2.05) is 29.2 Å². The lowest BCUT2D eigenvalue weighted by molar-refractivity contribution is -0.134. The highest BCUT2D eigenvalue weighted by atomic mass is 16.2. The SMILES string of the molecule is C[C@H](NC(=O)c1cc2ccccc2cn1)C(=O)N1CCC2(CC1)CC2. The Bertz CT molecular complexity index is 819. The number of amides is 2. The molecule has 1 aliphatic carbocycles. The molecule has 4 rings (SSSR count). The fourth-order valence-corrected chi connectivity index (χ4v) is 3.69. The molecule has 1 aromatic heterocycles. The number of likely N-dealkylation sites (tertiary alicyclic amines) is 1. The highest BCUT2D eigenvalue weighted by Gasteiger charge is 2.45. The van der Waals surface area contributed by atoms with Crippen LogP contribution in [0.15, 0.2) is 36.5 Å². The number of piperidine rings is 1. The van der Waals surface area contributed by atoms with Crippen LogP contribution < -0.4 is 5.32 Å². The smallest absolute Gasteiger partial charge is 0.270 e. The van der Waals surface area contributed by atoms with E-state index in [2.05, 4.69) is 10.3 Å². The highest BCUT2D eigenvalue weighted by Crippen LogP contribution is 2.53. The zero-order valence-electron chi connectivity index (χ0n) is 14.5. The van der Waals surface area contributed by atoms with Crippen LogP contribution in [0.4, 0.5) is 0 Å². The number of nitrogens with one attached hydrogen (secondary N) is 1. The van der Waals surface area contributed by atoms with Crippen molar-refractivity contribution >= 4 is 22.6 Å². The number of aromatic nitrogens is 1. The second-order valence-electron chi connectivity index (χ2n) is 7.44. The summed E-state index contributed by atoms with van der Waals surface area (Å²) in [5.74, 6) is -0.299. The predicted octanol–water partition coefficient (Wildman–Crippen LogP) is 2.76. The molecule has 2 fully saturated rings. The summed E-state index contributed by atoms with van der Waals surface area (Å²) < 4.78 is 0. The number of pyridine rings is 1. The molecule has 1 atom stereocenters. The molecule has 1 N–H and O–H groups in total. The zero-order valence-corrected chi connectivity index (χ0v) is 14.5. The fourth-order valence-electron chi connectivity index (χ4n) is 3.69. The summed E-state index contributed by atoms with van der Waals surface area (Å²) in [7, 11) is 0. The highest BCUT2D eigenvalue weighted by molar-refractivity contribution is 5.98. The van der Waals surface area contributed by atoms with Gasteiger partial charge in [0.2, 0.25) is 5.91 Å². The van der Waals surface area contributed by atoms with Gasteiger partial charge in [-0.05, 0) is 49.5 Å². The Morgan fingerprint density at radius 2 is 1.80 bits per heavy atom. The quantitative estimate of drug-likeness (QED) is 0.937. The molecule has 25 heavy (non-hydrogen) atoms. The summed E-state index contributed by atoms with van der Waals surface area (Å²) >= 11 is 0. The second kappa shape index (κ2) is 6.14. The maximum Gasteiger partial charge on any atom is 0.270 e. The molecule has 1 aliphatic heterocycles. The molecular weight excluding hydrogens is 314 g/mol. The van der Waals surface area contributed by atoms with Gasteiger partial charge in [0, 0.05) is 24.7 Å². The minimum atomic E-state index is -0.533. The van der Waals surface area contributed by atoms with E-state index in [-0.39, 0.29) is 11.8 Å². The summed E-state index contributed by atoms with van der Waals surface area (Å²) in [5, 5.41) is 4.76. The number of fused-ring (bicyclic) bond motifs is 1. The zero-order chi connectivity index (χ0) is 17.4. The molecule has 0 radical (unpaired) electrons. The van der Waals surface area contributed by atoms with Gasteiger partial charge < -0.3 is 10.2 Å². The third-order valence-electron chi connectivity index (χ3n) is 5.67. The molecule has 5 heteroatoms. The Kier molecular flexibility index (Phi) is 3.94. The average molecular weight is 337 g/mol. The standard InChI is InChI=1S/C20H23N3O2/c1-14(19(25)23-10-8-20(6-7-20)9-11-23)22-18(24)17-12-15-4-2-3-5-16(15)13-21-17/h2-5,12-14H,6-11H2,1H3,(H,22,24)/t14-/m0/s1. The Morgan fingerprint density at radius 3 is 2.48 bits per heavy atom. The van der Waals surface area contributed by atoms with Crippen LogP contribution in [-0.4, -0.2) is 40.8 Å². The van der Waals surface area contributed by atoms with Gasteiger partial charge in [0.05, 0.1) is 0 Å². The third-order valence-corrected chi connectivity index (χ3v) is 5.67. The number of benzene rings is 1. The molecular formula is C20H23N3O2. The lowest BCUT2D eigenvalue weighted by atomic mass is 9.93. The van der Waals surface area contributed by atoms with E-state index < -0.39 is 6.04 Å². The number of carbonyl (C=O) groups excluding carboxylic acids is 2. The number of hydrogen-bond acceptors (Lipinski definition) is 3. The van der Waals surface area contributed by atoms with Gasteiger partial charge in [0.25, 0.3) is 5.91 Å². The van der Waals surface area contributed by atoms with Crippen LogP contribution in [0.1, 0.15) is 43.1 Å². The Labute approximate surface area is 147 Å². The molecule has 130 valence electrons. The van der Waals surface area contributed by atoms with Gasteiger partial charge in [-0.15, -0.1) is 0 Å². The van der Waals surface area contributed by atoms with E-state index in [4.69, 9.17) is 0 Å². The fraction of sp³-hybridized carbons (Fsp3) is 0.450. The van der Waals surface area contributed by atoms with Gasteiger partial charge in [-0.1, -0.05) is 24.3 Å². The summed E-state index contributed by atoms with van der Waals surface area (Å²) in [6.07, 6.45) is 6.53. The lowest BCUT2D eigenvalue weighted by Gasteiger charge is -2.33. The Hall–Kier alpha value is -2.43. The van der Waals surface area contributed by atoms with Gasteiger partial charge in [0.15, 0.2) is 0 Å². The minimum absolute atomic E-state index is 0.00430. The lowest BCUT2D eigenvalue weighted by Crippen LogP contribution is -2.49. The van der Waals surface area contributed by atoms with E-state index in [9.17, 15) is 9.59 Å². The number of rotatable bonds is 3. The largest absolute Gasteiger partial charge is 0.341 e. The summed E-state index contributed by atoms with van der Waals surface area (Å²) in [4.78, 5) is 31.2. The Balaban J connectivity index is 1.39. The maximum atomic E-state index is 12.6. The molecule has 0 unspecified atom stereocenters. The van der Waals surface area contributed by atoms with Gasteiger partial charge in [0.1, 0.15) is 11.7 Å². The molecule has 1 saturated heterocycles. The molecule has 2 amide bonds. The molecule has 1 aromatic carbocycles. The summed E-state index contributed by atoms with van der Waals surface area (Å²) in [6, 6.07) is 9.01. The van der Waals surface area contributed by atoms with Crippen molar-refractivity contribution in [1.29, 1.82) is 0 Å². The van der Waals surface area contributed by atoms with Crippen molar-refractivity contribution in [3.63, 3.8) is 0 Å². The maximum absolute atomic E-state index is 12.6. The van der Waals surface area contributed by atoms with Crippen molar-refractivity contribution in [3.8, 4) is 0 Å². The van der Waals surface area contributed by atoms with E-state index in [0.717, 1.165) is 36.7 Å². The topological polar surface area (TPSA) is 62.3 Å². The van der Waals surface area contributed by atoms with Gasteiger partial charge in [-0.25, -0.2) is 0 Å². The van der Waals surface area contributed by atoms with Crippen LogP contribution in [-0.2, 0) is 4.79 Å². The van der Waals surface area contributed by atoms with Crippen molar-refractivity contribution in [1.82, 2.24) is 15.2 Å². The van der Waals surface area contributed by atoms with Gasteiger partial charge in [-0.3, -0.25) is 14.6 Å². The first-order chi connectivity index (χ1) is 12.1. The molecule has 1 spiro atoms. The van der Waals surface area contributed by atoms with Crippen LogP contribution in [0.2, 0.25) is 0 Å². The van der Waals surface area contributed by atoms with Crippen molar-refractivity contribution < 1.29 is 9.59 Å². The first kappa shape index (κ1) is 16.1. The normalized spacial score (nSPS) is 19.6. The monoisotopic (exact) mass is 337 g/mol. The van der Waals surface area contributed by atoms with Crippen LogP contribution >= 0.6 is 0 Å². The van der Waals surface area contributed by atoms with Crippen LogP contribution in [0, 0.1) is 5.41 Å². The van der Waals surface area contributed by atoms with Crippen molar-refractivity contribution in [2.24, 2.45) is 5.41 Å². The molecule has 1 saturated carbocycles. The van der Waals surface area contributed by atoms with E-state index in [1.165, 1.54) is 12.8 Å². The van der Waals surface area contributed by atoms with Crippen LogP contribution in [0.5, 0.6) is 0 Å². The third kappa shape index (κ3) is 3.23. The predicted molar refractivity (Wildman–Crippen MR) is 96.2 cm³/mol. The Morgan fingerprint density at radius 1 is 1.12 bits per heavy atom. The van der Waals surface area contributed by atoms with E-state index >= 15 is 0 Å². The van der Waals surface area contributed by atoms with Gasteiger partial charge in [-0.2, -0.15) is 0 Å². The number of carbonyl (C=O) groups is 2. The molecule has 0 bridgehead atoms. The van der Waals surface area contributed by atoms with Crippen LogP contribution in [0.3, 0.4) is 0 Å².